The molecule has 1 nitrogen and oxygen atoms in total. The first kappa shape index (κ1) is 13.1. The molecule has 4 heteroatoms. The Hall–Kier alpha value is -1.29. The van der Waals surface area contributed by atoms with Gasteiger partial charge < -0.3 is 0 Å². The van der Waals surface area contributed by atoms with E-state index < -0.39 is 11.6 Å². The van der Waals surface area contributed by atoms with E-state index in [0.29, 0.717) is 17.9 Å². The molecule has 96 valence electrons. The van der Waals surface area contributed by atoms with Crippen molar-refractivity contribution in [3.8, 4) is 0 Å². The zero-order valence-electron chi connectivity index (χ0n) is 10.4. The Labute approximate surface area is 110 Å². The van der Waals surface area contributed by atoms with Crippen LogP contribution in [-0.4, -0.2) is 4.98 Å². The van der Waals surface area contributed by atoms with Crippen molar-refractivity contribution in [2.75, 3.05) is 0 Å². The van der Waals surface area contributed by atoms with E-state index in [0.717, 1.165) is 23.2 Å². The molecule has 0 radical (unpaired) electrons. The zero-order chi connectivity index (χ0) is 13.1. The molecule has 0 bridgehead atoms. The molecule has 2 aromatic rings. The number of nitrogens with zero attached hydrogens (tertiary/aromatic N) is 1. The summed E-state index contributed by atoms with van der Waals surface area (Å²) in [5.41, 5.74) is 1.69. The maximum atomic E-state index is 13.1. The lowest BCUT2D eigenvalue weighted by Gasteiger charge is -2.03. The number of aromatic nitrogens is 1. The van der Waals surface area contributed by atoms with E-state index in [1.165, 1.54) is 12.1 Å². The van der Waals surface area contributed by atoms with Crippen LogP contribution in [0.15, 0.2) is 23.6 Å². The van der Waals surface area contributed by atoms with Gasteiger partial charge in [0.15, 0.2) is 0 Å². The Morgan fingerprint density at radius 2 is 1.89 bits per heavy atom. The second-order valence-corrected chi connectivity index (χ2v) is 5.37. The highest BCUT2D eigenvalue weighted by Crippen LogP contribution is 2.23. The Morgan fingerprint density at radius 1 is 1.22 bits per heavy atom. The van der Waals surface area contributed by atoms with Crippen LogP contribution >= 0.6 is 11.3 Å². The summed E-state index contributed by atoms with van der Waals surface area (Å²) in [4.78, 5) is 4.51. The fraction of sp³-hybridized carbons (Fsp3) is 0.357. The summed E-state index contributed by atoms with van der Waals surface area (Å²) >= 11 is 1.54. The van der Waals surface area contributed by atoms with Crippen LogP contribution in [0.25, 0.3) is 0 Å². The summed E-state index contributed by atoms with van der Waals surface area (Å²) in [5, 5.41) is 2.93. The van der Waals surface area contributed by atoms with E-state index in [4.69, 9.17) is 0 Å². The molecule has 1 aromatic heterocycles. The molecular formula is C14H15F2NS. The van der Waals surface area contributed by atoms with Crippen LogP contribution < -0.4 is 0 Å². The molecule has 0 spiro atoms. The van der Waals surface area contributed by atoms with Crippen LogP contribution in [0.5, 0.6) is 0 Å². The Kier molecular flexibility index (Phi) is 4.07. The molecule has 0 aliphatic carbocycles. The molecule has 1 atom stereocenters. The molecule has 18 heavy (non-hydrogen) atoms. The highest BCUT2D eigenvalue weighted by molar-refractivity contribution is 7.09. The zero-order valence-corrected chi connectivity index (χ0v) is 11.2. The molecule has 0 fully saturated rings. The summed E-state index contributed by atoms with van der Waals surface area (Å²) in [6.07, 6.45) is 1.52. The predicted molar refractivity (Wildman–Crippen MR) is 70.0 cm³/mol. The van der Waals surface area contributed by atoms with E-state index in [2.05, 4.69) is 18.8 Å². The van der Waals surface area contributed by atoms with Crippen LogP contribution in [-0.2, 0) is 6.42 Å². The van der Waals surface area contributed by atoms with Gasteiger partial charge in [-0.15, -0.1) is 11.3 Å². The van der Waals surface area contributed by atoms with E-state index in [9.17, 15) is 8.78 Å². The lowest BCUT2D eigenvalue weighted by molar-refractivity contribution is 0.580. The van der Waals surface area contributed by atoms with E-state index in [-0.39, 0.29) is 0 Å². The third-order valence-corrected chi connectivity index (χ3v) is 3.83. The van der Waals surface area contributed by atoms with Gasteiger partial charge >= 0.3 is 0 Å². The van der Waals surface area contributed by atoms with Gasteiger partial charge in [-0.25, -0.2) is 13.8 Å². The third-order valence-electron chi connectivity index (χ3n) is 2.96. The summed E-state index contributed by atoms with van der Waals surface area (Å²) in [6.45, 7) is 4.24. The minimum Gasteiger partial charge on any atom is -0.246 e. The SMILES string of the molecule is CCC(C)c1csc(Cc2cc(F)cc(F)c2)n1. The van der Waals surface area contributed by atoms with Crippen molar-refractivity contribution in [2.45, 2.75) is 32.6 Å². The number of hydrogen-bond donors (Lipinski definition) is 0. The molecule has 0 N–H and O–H groups in total. The Morgan fingerprint density at radius 3 is 2.50 bits per heavy atom. The van der Waals surface area contributed by atoms with Crippen molar-refractivity contribution in [1.29, 1.82) is 0 Å². The minimum atomic E-state index is -0.538. The van der Waals surface area contributed by atoms with Crippen molar-refractivity contribution >= 4 is 11.3 Å². The molecule has 0 aliphatic heterocycles. The van der Waals surface area contributed by atoms with Crippen molar-refractivity contribution in [1.82, 2.24) is 4.98 Å². The number of benzene rings is 1. The van der Waals surface area contributed by atoms with E-state index in [1.807, 2.05) is 5.38 Å². The standard InChI is InChI=1S/C14H15F2NS/c1-3-9(2)13-8-18-14(17-13)6-10-4-11(15)7-12(16)5-10/h4-5,7-9H,3,6H2,1-2H3. The number of hydrogen-bond acceptors (Lipinski definition) is 2. The summed E-state index contributed by atoms with van der Waals surface area (Å²) in [7, 11) is 0. The van der Waals surface area contributed by atoms with Crippen molar-refractivity contribution in [2.24, 2.45) is 0 Å². The van der Waals surface area contributed by atoms with Crippen LogP contribution in [0.4, 0.5) is 8.78 Å². The number of halogens is 2. The van der Waals surface area contributed by atoms with Crippen molar-refractivity contribution in [3.05, 3.63) is 51.5 Å². The number of rotatable bonds is 4. The molecular weight excluding hydrogens is 252 g/mol. The second kappa shape index (κ2) is 5.57. The molecule has 2 rings (SSSR count). The van der Waals surface area contributed by atoms with Gasteiger partial charge in [0, 0.05) is 17.9 Å². The van der Waals surface area contributed by atoms with E-state index >= 15 is 0 Å². The normalized spacial score (nSPS) is 12.7. The average molecular weight is 267 g/mol. The maximum Gasteiger partial charge on any atom is 0.126 e. The van der Waals surface area contributed by atoms with Gasteiger partial charge in [0.25, 0.3) is 0 Å². The van der Waals surface area contributed by atoms with Gasteiger partial charge in [-0.1, -0.05) is 13.8 Å². The van der Waals surface area contributed by atoms with Gasteiger partial charge in [0.05, 0.1) is 10.7 Å². The molecule has 0 amide bonds. The van der Waals surface area contributed by atoms with Gasteiger partial charge in [0.2, 0.25) is 0 Å². The monoisotopic (exact) mass is 267 g/mol. The number of thiazole rings is 1. The fourth-order valence-electron chi connectivity index (χ4n) is 1.73. The first-order chi connectivity index (χ1) is 8.58. The summed E-state index contributed by atoms with van der Waals surface area (Å²) in [5.74, 6) is -0.647. The molecule has 1 heterocycles. The quantitative estimate of drug-likeness (QED) is 0.793. The van der Waals surface area contributed by atoms with Crippen LogP contribution in [0, 0.1) is 11.6 Å². The molecule has 0 aliphatic rings. The molecule has 1 unspecified atom stereocenters. The van der Waals surface area contributed by atoms with Crippen LogP contribution in [0.1, 0.15) is 42.5 Å². The third kappa shape index (κ3) is 3.13. The smallest absolute Gasteiger partial charge is 0.126 e. The molecule has 0 saturated heterocycles. The maximum absolute atomic E-state index is 13.1. The Balaban J connectivity index is 2.16. The largest absolute Gasteiger partial charge is 0.246 e. The first-order valence-electron chi connectivity index (χ1n) is 5.97. The fourth-order valence-corrected chi connectivity index (χ4v) is 2.68. The summed E-state index contributed by atoms with van der Waals surface area (Å²) < 4.78 is 26.1. The average Bonchev–Trinajstić information content (AvgIpc) is 2.75. The lowest BCUT2D eigenvalue weighted by Crippen LogP contribution is -1.94. The molecule has 0 saturated carbocycles. The van der Waals surface area contributed by atoms with Crippen molar-refractivity contribution < 1.29 is 8.78 Å². The van der Waals surface area contributed by atoms with Gasteiger partial charge in [0.1, 0.15) is 11.6 Å². The van der Waals surface area contributed by atoms with Gasteiger partial charge in [-0.3, -0.25) is 0 Å². The minimum absolute atomic E-state index is 0.430. The van der Waals surface area contributed by atoms with Crippen molar-refractivity contribution in [3.63, 3.8) is 0 Å². The van der Waals surface area contributed by atoms with Crippen LogP contribution in [0.3, 0.4) is 0 Å². The Bertz CT molecular complexity index is 516. The van der Waals surface area contributed by atoms with Gasteiger partial charge in [-0.2, -0.15) is 0 Å². The van der Waals surface area contributed by atoms with Gasteiger partial charge in [-0.05, 0) is 30.0 Å². The lowest BCUT2D eigenvalue weighted by atomic mass is 10.1. The van der Waals surface area contributed by atoms with E-state index in [1.54, 1.807) is 11.3 Å². The van der Waals surface area contributed by atoms with Crippen LogP contribution in [0.2, 0.25) is 0 Å². The summed E-state index contributed by atoms with van der Waals surface area (Å²) in [6, 6.07) is 3.59. The first-order valence-corrected chi connectivity index (χ1v) is 6.85. The second-order valence-electron chi connectivity index (χ2n) is 4.43. The molecule has 1 aromatic carbocycles. The highest BCUT2D eigenvalue weighted by Gasteiger charge is 2.09. The predicted octanol–water partition coefficient (Wildman–Crippen LogP) is 4.53. The highest BCUT2D eigenvalue weighted by atomic mass is 32.1. The topological polar surface area (TPSA) is 12.9 Å².